The van der Waals surface area contributed by atoms with E-state index in [9.17, 15) is 9.59 Å². The Labute approximate surface area is 147 Å². The number of hydrogen-bond acceptors (Lipinski definition) is 3. The summed E-state index contributed by atoms with van der Waals surface area (Å²) in [5, 5.41) is 2.24. The number of benzene rings is 3. The van der Waals surface area contributed by atoms with E-state index in [0.717, 1.165) is 28.2 Å². The molecule has 0 amide bonds. The quantitative estimate of drug-likeness (QED) is 0.478. The molecule has 0 saturated carbocycles. The third kappa shape index (κ3) is 4.32. The molecule has 3 nitrogen and oxygen atoms in total. The molecule has 0 fully saturated rings. The van der Waals surface area contributed by atoms with E-state index >= 15 is 0 Å². The minimum absolute atomic E-state index is 0.164. The molecule has 0 spiro atoms. The van der Waals surface area contributed by atoms with Crippen molar-refractivity contribution in [2.24, 2.45) is 5.92 Å². The van der Waals surface area contributed by atoms with Gasteiger partial charge in [0.2, 0.25) is 0 Å². The zero-order valence-corrected chi connectivity index (χ0v) is 13.9. The fraction of sp³-hybridized carbons (Fsp3) is 0.182. The van der Waals surface area contributed by atoms with E-state index in [2.05, 4.69) is 0 Å². The van der Waals surface area contributed by atoms with Crippen LogP contribution < -0.4 is 0 Å². The number of carbonyl (C=O) groups is 2. The fourth-order valence-electron chi connectivity index (χ4n) is 2.96. The minimum Gasteiger partial charge on any atom is -0.461 e. The lowest BCUT2D eigenvalue weighted by Gasteiger charge is -2.15. The smallest absolute Gasteiger partial charge is 0.310 e. The lowest BCUT2D eigenvalue weighted by molar-refractivity contribution is -0.150. The van der Waals surface area contributed by atoms with Crippen LogP contribution in [0.4, 0.5) is 0 Å². The van der Waals surface area contributed by atoms with Crippen LogP contribution in [0.15, 0.2) is 72.8 Å². The maximum atomic E-state index is 12.5. The van der Waals surface area contributed by atoms with Gasteiger partial charge in [-0.3, -0.25) is 4.79 Å². The first-order valence-corrected chi connectivity index (χ1v) is 8.39. The van der Waals surface area contributed by atoms with E-state index in [1.807, 2.05) is 72.8 Å². The molecule has 0 N–H and O–H groups in total. The van der Waals surface area contributed by atoms with Crippen molar-refractivity contribution in [3.63, 3.8) is 0 Å². The first-order valence-electron chi connectivity index (χ1n) is 8.39. The highest BCUT2D eigenvalue weighted by molar-refractivity contribution is 5.86. The van der Waals surface area contributed by atoms with Crippen LogP contribution in [0, 0.1) is 5.92 Å². The largest absolute Gasteiger partial charge is 0.461 e. The minimum atomic E-state index is -0.466. The van der Waals surface area contributed by atoms with Gasteiger partial charge in [0.1, 0.15) is 12.9 Å². The monoisotopic (exact) mass is 332 g/mol. The summed E-state index contributed by atoms with van der Waals surface area (Å²) in [7, 11) is 0. The van der Waals surface area contributed by atoms with Gasteiger partial charge >= 0.3 is 5.97 Å². The number of rotatable bonds is 7. The average molecular weight is 332 g/mol. The molecule has 3 rings (SSSR count). The Hall–Kier alpha value is -2.94. The van der Waals surface area contributed by atoms with Gasteiger partial charge in [-0.1, -0.05) is 72.8 Å². The number of esters is 1. The van der Waals surface area contributed by atoms with Gasteiger partial charge < -0.3 is 9.53 Å². The van der Waals surface area contributed by atoms with Crippen LogP contribution in [0.3, 0.4) is 0 Å². The van der Waals surface area contributed by atoms with Gasteiger partial charge in [-0.15, -0.1) is 0 Å². The third-order valence-electron chi connectivity index (χ3n) is 4.28. The zero-order valence-electron chi connectivity index (χ0n) is 13.9. The van der Waals surface area contributed by atoms with Crippen LogP contribution in [0.25, 0.3) is 10.8 Å². The molecule has 0 aliphatic heterocycles. The first-order chi connectivity index (χ1) is 12.3. The summed E-state index contributed by atoms with van der Waals surface area (Å²) in [4.78, 5) is 23.5. The highest BCUT2D eigenvalue weighted by Crippen LogP contribution is 2.23. The lowest BCUT2D eigenvalue weighted by Crippen LogP contribution is -2.20. The van der Waals surface area contributed by atoms with E-state index in [1.165, 1.54) is 0 Å². The van der Waals surface area contributed by atoms with Crippen molar-refractivity contribution >= 4 is 23.0 Å². The van der Waals surface area contributed by atoms with E-state index in [0.29, 0.717) is 6.42 Å². The van der Waals surface area contributed by atoms with Gasteiger partial charge in [0.05, 0.1) is 5.92 Å². The SMILES string of the molecule is O=CC[C@@H](Cc1cccc2ccccc12)C(=O)OCc1ccccc1. The Morgan fingerprint density at radius 2 is 1.64 bits per heavy atom. The van der Waals surface area contributed by atoms with E-state index in [1.54, 1.807) is 0 Å². The Morgan fingerprint density at radius 3 is 2.44 bits per heavy atom. The normalized spacial score (nSPS) is 11.8. The van der Waals surface area contributed by atoms with Gasteiger partial charge in [0, 0.05) is 6.42 Å². The van der Waals surface area contributed by atoms with Gasteiger partial charge in [-0.05, 0) is 28.3 Å². The van der Waals surface area contributed by atoms with Crippen molar-refractivity contribution in [2.75, 3.05) is 0 Å². The topological polar surface area (TPSA) is 43.4 Å². The number of ether oxygens (including phenoxy) is 1. The van der Waals surface area contributed by atoms with Crippen molar-refractivity contribution in [3.8, 4) is 0 Å². The number of aldehydes is 1. The second-order valence-electron chi connectivity index (χ2n) is 6.03. The molecule has 0 heterocycles. The molecule has 0 unspecified atom stereocenters. The van der Waals surface area contributed by atoms with Crippen LogP contribution in [-0.4, -0.2) is 12.3 Å². The van der Waals surface area contributed by atoms with Crippen molar-refractivity contribution in [1.29, 1.82) is 0 Å². The van der Waals surface area contributed by atoms with E-state index in [4.69, 9.17) is 4.74 Å². The predicted octanol–water partition coefficient (Wildman–Crippen LogP) is 4.33. The molecule has 1 atom stereocenters. The van der Waals surface area contributed by atoms with Crippen LogP contribution in [0.5, 0.6) is 0 Å². The predicted molar refractivity (Wildman–Crippen MR) is 98.1 cm³/mol. The molecule has 0 aromatic heterocycles. The molecule has 3 aromatic carbocycles. The Kier molecular flexibility index (Phi) is 5.57. The lowest BCUT2D eigenvalue weighted by atomic mass is 9.93. The Morgan fingerprint density at radius 1 is 0.920 bits per heavy atom. The molecule has 126 valence electrons. The van der Waals surface area contributed by atoms with Crippen molar-refractivity contribution in [1.82, 2.24) is 0 Å². The summed E-state index contributed by atoms with van der Waals surface area (Å²) in [5.41, 5.74) is 1.99. The molecule has 0 aliphatic rings. The van der Waals surface area contributed by atoms with Gasteiger partial charge in [0.15, 0.2) is 0 Å². The maximum Gasteiger partial charge on any atom is 0.310 e. The molecule has 0 aliphatic carbocycles. The molecule has 0 bridgehead atoms. The number of fused-ring (bicyclic) bond motifs is 1. The summed E-state index contributed by atoms with van der Waals surface area (Å²) in [5.74, 6) is -0.795. The summed E-state index contributed by atoms with van der Waals surface area (Å²) in [6, 6.07) is 23.6. The third-order valence-corrected chi connectivity index (χ3v) is 4.28. The Balaban J connectivity index is 1.74. The molecule has 3 aromatic rings. The van der Waals surface area contributed by atoms with Gasteiger partial charge in [0.25, 0.3) is 0 Å². The maximum absolute atomic E-state index is 12.5. The van der Waals surface area contributed by atoms with E-state index in [-0.39, 0.29) is 19.0 Å². The second kappa shape index (κ2) is 8.25. The van der Waals surface area contributed by atoms with E-state index < -0.39 is 5.92 Å². The van der Waals surface area contributed by atoms with Crippen LogP contribution >= 0.6 is 0 Å². The molecule has 25 heavy (non-hydrogen) atoms. The highest BCUT2D eigenvalue weighted by atomic mass is 16.5. The summed E-state index contributed by atoms with van der Waals surface area (Å²) >= 11 is 0. The summed E-state index contributed by atoms with van der Waals surface area (Å²) in [6.45, 7) is 0.227. The fourth-order valence-corrected chi connectivity index (χ4v) is 2.96. The standard InChI is InChI=1S/C22H20O3/c23-14-13-20(22(24)25-16-17-7-2-1-3-8-17)15-19-11-6-10-18-9-4-5-12-21(18)19/h1-12,14,20H,13,15-16H2/t20-/m0/s1. The molecular weight excluding hydrogens is 312 g/mol. The van der Waals surface area contributed by atoms with Crippen LogP contribution in [0.2, 0.25) is 0 Å². The molecule has 3 heteroatoms. The van der Waals surface area contributed by atoms with Gasteiger partial charge in [-0.25, -0.2) is 0 Å². The zero-order chi connectivity index (χ0) is 17.5. The first kappa shape index (κ1) is 16.9. The summed E-state index contributed by atoms with van der Waals surface area (Å²) in [6.07, 6.45) is 1.45. The molecule has 0 radical (unpaired) electrons. The van der Waals surface area contributed by atoms with Crippen LogP contribution in [0.1, 0.15) is 17.5 Å². The molecular formula is C22H20O3. The van der Waals surface area contributed by atoms with Crippen molar-refractivity contribution < 1.29 is 14.3 Å². The average Bonchev–Trinajstić information content (AvgIpc) is 2.67. The van der Waals surface area contributed by atoms with Crippen LogP contribution in [-0.2, 0) is 27.4 Å². The number of hydrogen-bond donors (Lipinski definition) is 0. The molecule has 0 saturated heterocycles. The number of carbonyl (C=O) groups excluding carboxylic acids is 2. The highest BCUT2D eigenvalue weighted by Gasteiger charge is 2.21. The summed E-state index contributed by atoms with van der Waals surface area (Å²) < 4.78 is 5.43. The van der Waals surface area contributed by atoms with Crippen molar-refractivity contribution in [2.45, 2.75) is 19.4 Å². The Bertz CT molecular complexity index is 850. The van der Waals surface area contributed by atoms with Crippen molar-refractivity contribution in [3.05, 3.63) is 83.9 Å². The van der Waals surface area contributed by atoms with Gasteiger partial charge in [-0.2, -0.15) is 0 Å². The second-order valence-corrected chi connectivity index (χ2v) is 6.03.